The molecule has 0 N–H and O–H groups in total. The molecule has 2 heterocycles. The molecule has 0 saturated carbocycles. The average molecular weight is 427 g/mol. The SMILES string of the molecule is O=C1c2ccccc2C[C@@]1(c1ccccc1)N1CCN(Cc2ccc3c(c2)OCO3)CC1. The summed E-state index contributed by atoms with van der Waals surface area (Å²) < 4.78 is 11.0. The van der Waals surface area contributed by atoms with Crippen molar-refractivity contribution in [2.45, 2.75) is 18.5 Å². The third-order valence-electron chi connectivity index (χ3n) is 7.09. The van der Waals surface area contributed by atoms with Crippen LogP contribution < -0.4 is 9.47 Å². The summed E-state index contributed by atoms with van der Waals surface area (Å²) in [4.78, 5) is 18.7. The van der Waals surface area contributed by atoms with Crippen molar-refractivity contribution >= 4 is 5.78 Å². The Morgan fingerprint density at radius 1 is 0.812 bits per heavy atom. The highest BCUT2D eigenvalue weighted by molar-refractivity contribution is 6.08. The van der Waals surface area contributed by atoms with Gasteiger partial charge in [-0.25, -0.2) is 0 Å². The summed E-state index contributed by atoms with van der Waals surface area (Å²) >= 11 is 0. The predicted octanol–water partition coefficient (Wildman–Crippen LogP) is 3.87. The second-order valence-corrected chi connectivity index (χ2v) is 8.84. The van der Waals surface area contributed by atoms with Gasteiger partial charge in [0.25, 0.3) is 0 Å². The number of fused-ring (bicyclic) bond motifs is 2. The van der Waals surface area contributed by atoms with Crippen LogP contribution in [0.2, 0.25) is 0 Å². The molecule has 5 nitrogen and oxygen atoms in total. The van der Waals surface area contributed by atoms with Crippen molar-refractivity contribution in [3.63, 3.8) is 0 Å². The van der Waals surface area contributed by atoms with E-state index in [0.29, 0.717) is 6.79 Å². The molecule has 32 heavy (non-hydrogen) atoms. The van der Waals surface area contributed by atoms with E-state index in [2.05, 4.69) is 40.1 Å². The lowest BCUT2D eigenvalue weighted by atomic mass is 9.83. The van der Waals surface area contributed by atoms with Gasteiger partial charge in [0, 0.05) is 44.7 Å². The van der Waals surface area contributed by atoms with Crippen LogP contribution in [0.25, 0.3) is 0 Å². The Labute approximate surface area is 188 Å². The van der Waals surface area contributed by atoms with Gasteiger partial charge in [-0.05, 0) is 28.8 Å². The number of rotatable bonds is 4. The highest BCUT2D eigenvalue weighted by Crippen LogP contribution is 2.43. The first-order valence-electron chi connectivity index (χ1n) is 11.3. The summed E-state index contributed by atoms with van der Waals surface area (Å²) in [7, 11) is 0. The predicted molar refractivity (Wildman–Crippen MR) is 122 cm³/mol. The minimum absolute atomic E-state index is 0.239. The number of Topliss-reactive ketones (excluding diaryl/α,β-unsaturated/α-hetero) is 1. The van der Waals surface area contributed by atoms with Crippen LogP contribution in [0.5, 0.6) is 11.5 Å². The van der Waals surface area contributed by atoms with Crippen molar-refractivity contribution in [1.29, 1.82) is 0 Å². The van der Waals surface area contributed by atoms with E-state index >= 15 is 0 Å². The molecule has 3 aromatic rings. The van der Waals surface area contributed by atoms with Gasteiger partial charge in [-0.3, -0.25) is 14.6 Å². The third-order valence-corrected chi connectivity index (χ3v) is 7.09. The minimum atomic E-state index is -0.601. The Balaban J connectivity index is 1.23. The smallest absolute Gasteiger partial charge is 0.231 e. The van der Waals surface area contributed by atoms with Crippen molar-refractivity contribution in [1.82, 2.24) is 9.80 Å². The molecule has 3 aliphatic rings. The van der Waals surface area contributed by atoms with Gasteiger partial charge in [-0.1, -0.05) is 60.7 Å². The van der Waals surface area contributed by atoms with E-state index in [9.17, 15) is 4.79 Å². The van der Waals surface area contributed by atoms with Crippen LogP contribution in [0, 0.1) is 0 Å². The van der Waals surface area contributed by atoms with Crippen LogP contribution in [-0.2, 0) is 18.5 Å². The Morgan fingerprint density at radius 2 is 1.56 bits per heavy atom. The number of ether oxygens (including phenoxy) is 2. The maximum absolute atomic E-state index is 13.8. The van der Waals surface area contributed by atoms with E-state index in [1.807, 2.05) is 42.5 Å². The summed E-state index contributed by atoms with van der Waals surface area (Å²) in [6.45, 7) is 4.74. The number of benzene rings is 3. The maximum atomic E-state index is 13.8. The number of carbonyl (C=O) groups excluding carboxylic acids is 1. The fourth-order valence-electron chi connectivity index (χ4n) is 5.44. The molecule has 162 valence electrons. The van der Waals surface area contributed by atoms with E-state index in [1.54, 1.807) is 0 Å². The summed E-state index contributed by atoms with van der Waals surface area (Å²) in [5.74, 6) is 1.89. The van der Waals surface area contributed by atoms with Crippen LogP contribution in [0.4, 0.5) is 0 Å². The maximum Gasteiger partial charge on any atom is 0.231 e. The molecule has 5 heteroatoms. The molecule has 0 spiro atoms. The molecule has 0 unspecified atom stereocenters. The molecule has 0 bridgehead atoms. The normalized spacial score (nSPS) is 22.8. The number of ketones is 1. The average Bonchev–Trinajstić information content (AvgIpc) is 3.43. The minimum Gasteiger partial charge on any atom is -0.454 e. The first-order valence-corrected chi connectivity index (χ1v) is 11.3. The lowest BCUT2D eigenvalue weighted by molar-refractivity contribution is 0.0288. The first-order chi connectivity index (χ1) is 15.7. The number of carbonyl (C=O) groups is 1. The second-order valence-electron chi connectivity index (χ2n) is 8.84. The lowest BCUT2D eigenvalue weighted by Crippen LogP contribution is -2.58. The van der Waals surface area contributed by atoms with E-state index in [4.69, 9.17) is 9.47 Å². The molecule has 2 aliphatic heterocycles. The molecule has 1 saturated heterocycles. The third kappa shape index (κ3) is 3.12. The molecule has 0 radical (unpaired) electrons. The van der Waals surface area contributed by atoms with Gasteiger partial charge in [-0.2, -0.15) is 0 Å². The van der Waals surface area contributed by atoms with Crippen molar-refractivity contribution in [3.05, 3.63) is 95.1 Å². The fourth-order valence-corrected chi connectivity index (χ4v) is 5.44. The standard InChI is InChI=1S/C27H26N2O3/c30-26-23-9-5-4-6-21(23)17-27(26,22-7-2-1-3-8-22)29-14-12-28(13-15-29)18-20-10-11-24-25(16-20)32-19-31-24/h1-11,16H,12-15,17-19H2/t27-/m0/s1. The van der Waals surface area contributed by atoms with E-state index in [0.717, 1.165) is 67.3 Å². The van der Waals surface area contributed by atoms with E-state index < -0.39 is 5.54 Å². The number of nitrogens with zero attached hydrogens (tertiary/aromatic N) is 2. The highest BCUT2D eigenvalue weighted by atomic mass is 16.7. The van der Waals surface area contributed by atoms with Crippen LogP contribution >= 0.6 is 0 Å². The molecular formula is C27H26N2O3. The quantitative estimate of drug-likeness (QED) is 0.634. The second kappa shape index (κ2) is 7.76. The molecule has 0 amide bonds. The number of piperazine rings is 1. The van der Waals surface area contributed by atoms with Crippen molar-refractivity contribution in [2.24, 2.45) is 0 Å². The molecule has 0 aromatic heterocycles. The van der Waals surface area contributed by atoms with Gasteiger partial charge < -0.3 is 9.47 Å². The monoisotopic (exact) mass is 426 g/mol. The van der Waals surface area contributed by atoms with Crippen molar-refractivity contribution in [2.75, 3.05) is 33.0 Å². The Morgan fingerprint density at radius 3 is 2.38 bits per heavy atom. The Kier molecular flexibility index (Phi) is 4.74. The summed E-state index contributed by atoms with van der Waals surface area (Å²) in [5, 5.41) is 0. The summed E-state index contributed by atoms with van der Waals surface area (Å²) in [5.41, 5.74) is 3.76. The Hall–Kier alpha value is -3.15. The molecule has 3 aromatic carbocycles. The molecule has 1 aliphatic carbocycles. The van der Waals surface area contributed by atoms with Crippen LogP contribution in [0.15, 0.2) is 72.8 Å². The fraction of sp³-hybridized carbons (Fsp3) is 0.296. The number of hydrogen-bond acceptors (Lipinski definition) is 5. The lowest BCUT2D eigenvalue weighted by Gasteiger charge is -2.45. The van der Waals surface area contributed by atoms with E-state index in [1.165, 1.54) is 5.56 Å². The van der Waals surface area contributed by atoms with Gasteiger partial charge in [0.15, 0.2) is 17.3 Å². The van der Waals surface area contributed by atoms with Crippen LogP contribution in [-0.4, -0.2) is 48.6 Å². The van der Waals surface area contributed by atoms with Crippen LogP contribution in [0.1, 0.15) is 27.0 Å². The first kappa shape index (κ1) is 19.5. The summed E-state index contributed by atoms with van der Waals surface area (Å²) in [6, 6.07) is 24.6. The topological polar surface area (TPSA) is 42.0 Å². The molecular weight excluding hydrogens is 400 g/mol. The van der Waals surface area contributed by atoms with Gasteiger partial charge >= 0.3 is 0 Å². The molecule has 6 rings (SSSR count). The van der Waals surface area contributed by atoms with Crippen LogP contribution in [0.3, 0.4) is 0 Å². The summed E-state index contributed by atoms with van der Waals surface area (Å²) in [6.07, 6.45) is 0.744. The zero-order valence-corrected chi connectivity index (χ0v) is 18.0. The zero-order valence-electron chi connectivity index (χ0n) is 18.0. The molecule has 1 atom stereocenters. The van der Waals surface area contributed by atoms with Gasteiger partial charge in [0.05, 0.1) is 0 Å². The molecule has 1 fully saturated rings. The highest BCUT2D eigenvalue weighted by Gasteiger charge is 2.51. The van der Waals surface area contributed by atoms with Gasteiger partial charge in [0.2, 0.25) is 6.79 Å². The Bertz CT molecular complexity index is 1150. The zero-order chi connectivity index (χ0) is 21.5. The number of hydrogen-bond donors (Lipinski definition) is 0. The van der Waals surface area contributed by atoms with Gasteiger partial charge in [0.1, 0.15) is 5.54 Å². The van der Waals surface area contributed by atoms with E-state index in [-0.39, 0.29) is 5.78 Å². The largest absolute Gasteiger partial charge is 0.454 e. The van der Waals surface area contributed by atoms with Crippen molar-refractivity contribution < 1.29 is 14.3 Å². The van der Waals surface area contributed by atoms with Gasteiger partial charge in [-0.15, -0.1) is 0 Å². The van der Waals surface area contributed by atoms with Crippen molar-refractivity contribution in [3.8, 4) is 11.5 Å².